The summed E-state index contributed by atoms with van der Waals surface area (Å²) in [5.74, 6) is 0. The second-order valence-corrected chi connectivity index (χ2v) is 7.68. The van der Waals surface area contributed by atoms with E-state index in [0.717, 1.165) is 48.2 Å². The fraction of sp³-hybridized carbons (Fsp3) is 0.400. The molecular formula is C30H42N2Ni. The SMILES string of the molecule is CCCCCC1=C(c2cccc(CC)c2)[N+](=[N-])C(c2cccc(CC)c2)=C1C.[CH2-]C.[CH2-]C.[Ni+2]. The zero-order chi connectivity index (χ0) is 24.1. The van der Waals surface area contributed by atoms with Gasteiger partial charge in [0.25, 0.3) is 0 Å². The summed E-state index contributed by atoms with van der Waals surface area (Å²) < 4.78 is 1.44. The van der Waals surface area contributed by atoms with Crippen LogP contribution < -0.4 is 0 Å². The van der Waals surface area contributed by atoms with Crippen molar-refractivity contribution in [2.75, 3.05) is 0 Å². The van der Waals surface area contributed by atoms with Crippen LogP contribution in [0.1, 0.15) is 89.5 Å². The van der Waals surface area contributed by atoms with Gasteiger partial charge in [0.1, 0.15) is 0 Å². The van der Waals surface area contributed by atoms with Crippen molar-refractivity contribution >= 4 is 11.4 Å². The molecule has 3 rings (SSSR count). The smallest absolute Gasteiger partial charge is 0.493 e. The Balaban J connectivity index is 0.00000194. The number of hydrogen-bond donors (Lipinski definition) is 0. The Morgan fingerprint density at radius 1 is 0.758 bits per heavy atom. The van der Waals surface area contributed by atoms with Crippen molar-refractivity contribution in [3.05, 3.63) is 101 Å². The van der Waals surface area contributed by atoms with Crippen LogP contribution in [0.4, 0.5) is 0 Å². The Hall–Kier alpha value is -1.99. The Morgan fingerprint density at radius 2 is 1.24 bits per heavy atom. The van der Waals surface area contributed by atoms with Crippen LogP contribution >= 0.6 is 0 Å². The maximum Gasteiger partial charge on any atom is 2.00 e. The second-order valence-electron chi connectivity index (χ2n) is 7.68. The first-order chi connectivity index (χ1) is 15.6. The molecule has 0 atom stereocenters. The molecule has 1 aliphatic heterocycles. The first-order valence-corrected chi connectivity index (χ1v) is 12.1. The molecule has 2 aromatic rings. The number of hydrogen-bond acceptors (Lipinski definition) is 0. The van der Waals surface area contributed by atoms with Crippen molar-refractivity contribution in [3.63, 3.8) is 0 Å². The van der Waals surface area contributed by atoms with Crippen LogP contribution in [-0.2, 0) is 29.3 Å². The van der Waals surface area contributed by atoms with E-state index in [1.807, 2.05) is 0 Å². The number of rotatable bonds is 8. The number of unbranched alkanes of at least 4 members (excludes halogenated alkanes) is 2. The number of nitrogens with zero attached hydrogens (tertiary/aromatic N) is 2. The van der Waals surface area contributed by atoms with Gasteiger partial charge in [0.05, 0.1) is 0 Å². The van der Waals surface area contributed by atoms with Gasteiger partial charge < -0.3 is 19.4 Å². The predicted octanol–water partition coefficient (Wildman–Crippen LogP) is 9.26. The number of aryl methyl sites for hydroxylation is 2. The van der Waals surface area contributed by atoms with Crippen LogP contribution in [0.15, 0.2) is 59.7 Å². The monoisotopic (exact) mass is 488 g/mol. The average Bonchev–Trinajstić information content (AvgIpc) is 3.11. The summed E-state index contributed by atoms with van der Waals surface area (Å²) in [5, 5.41) is 0. The molecule has 0 aliphatic carbocycles. The zero-order valence-electron chi connectivity index (χ0n) is 21.5. The van der Waals surface area contributed by atoms with E-state index in [2.05, 4.69) is 90.1 Å². The van der Waals surface area contributed by atoms with Crippen molar-refractivity contribution in [3.8, 4) is 0 Å². The van der Waals surface area contributed by atoms with Gasteiger partial charge in [-0.2, -0.15) is 13.8 Å². The van der Waals surface area contributed by atoms with Crippen molar-refractivity contribution in [2.45, 2.75) is 80.1 Å². The topological polar surface area (TPSA) is 25.3 Å². The van der Waals surface area contributed by atoms with Gasteiger partial charge >= 0.3 is 16.5 Å². The predicted molar refractivity (Wildman–Crippen MR) is 141 cm³/mol. The van der Waals surface area contributed by atoms with E-state index in [9.17, 15) is 5.53 Å². The van der Waals surface area contributed by atoms with Crippen LogP contribution in [0, 0.1) is 13.8 Å². The first kappa shape index (κ1) is 31.0. The summed E-state index contributed by atoms with van der Waals surface area (Å²) in [6, 6.07) is 17.2. The molecule has 1 heterocycles. The zero-order valence-corrected chi connectivity index (χ0v) is 22.5. The van der Waals surface area contributed by atoms with Gasteiger partial charge in [-0.3, -0.25) is 0 Å². The van der Waals surface area contributed by atoms with Crippen LogP contribution in [0.2, 0.25) is 0 Å². The first-order valence-electron chi connectivity index (χ1n) is 12.1. The quantitative estimate of drug-likeness (QED) is 0.153. The van der Waals surface area contributed by atoms with Gasteiger partial charge in [0, 0.05) is 22.3 Å². The summed E-state index contributed by atoms with van der Waals surface area (Å²) in [6.07, 6.45) is 6.55. The van der Waals surface area contributed by atoms with Gasteiger partial charge in [0.2, 0.25) is 11.4 Å². The molecule has 0 radical (unpaired) electrons. The molecule has 0 saturated carbocycles. The van der Waals surface area contributed by atoms with Crippen LogP contribution in [0.3, 0.4) is 0 Å². The second kappa shape index (κ2) is 16.6. The Labute approximate surface area is 213 Å². The van der Waals surface area contributed by atoms with Crippen LogP contribution in [0.25, 0.3) is 16.9 Å². The van der Waals surface area contributed by atoms with E-state index in [1.54, 1.807) is 13.8 Å². The molecule has 0 aromatic heterocycles. The summed E-state index contributed by atoms with van der Waals surface area (Å²) in [5.41, 5.74) is 20.4. The molecule has 0 unspecified atom stereocenters. The summed E-state index contributed by atoms with van der Waals surface area (Å²) in [6.45, 7) is 18.7. The molecule has 0 amide bonds. The van der Waals surface area contributed by atoms with Crippen LogP contribution in [0.5, 0.6) is 0 Å². The van der Waals surface area contributed by atoms with E-state index in [4.69, 9.17) is 0 Å². The summed E-state index contributed by atoms with van der Waals surface area (Å²) >= 11 is 0. The molecule has 2 nitrogen and oxygen atoms in total. The molecule has 0 bridgehead atoms. The fourth-order valence-electron chi connectivity index (χ4n) is 4.09. The van der Waals surface area contributed by atoms with Gasteiger partial charge in [-0.15, -0.1) is 0 Å². The minimum absolute atomic E-state index is 0. The third kappa shape index (κ3) is 7.78. The van der Waals surface area contributed by atoms with Gasteiger partial charge in [-0.05, 0) is 68.0 Å². The van der Waals surface area contributed by atoms with E-state index < -0.39 is 0 Å². The average molecular weight is 489 g/mol. The normalized spacial score (nSPS) is 12.5. The minimum atomic E-state index is 0. The number of benzene rings is 2. The molecular weight excluding hydrogens is 447 g/mol. The molecule has 33 heavy (non-hydrogen) atoms. The van der Waals surface area contributed by atoms with Gasteiger partial charge in [-0.1, -0.05) is 57.9 Å². The summed E-state index contributed by atoms with van der Waals surface area (Å²) in [7, 11) is 0. The molecule has 0 N–H and O–H groups in total. The molecule has 0 fully saturated rings. The van der Waals surface area contributed by atoms with E-state index in [-0.39, 0.29) is 16.5 Å². The van der Waals surface area contributed by atoms with Gasteiger partial charge in [0.15, 0.2) is 0 Å². The van der Waals surface area contributed by atoms with Crippen molar-refractivity contribution in [1.82, 2.24) is 0 Å². The largest absolute Gasteiger partial charge is 2.00 e. The standard InChI is InChI=1S/C26H32N2.2C2H5.Ni/c1-5-8-9-16-24-19(4)25(22-14-10-12-20(6-2)17-22)28(27)26(24)23-15-11-13-21(7-3)18-23;2*1-2;/h10-15,17-18H,5-9,16H2,1-4H3;2*1H2,2H3;/q;2*-1;+2. The molecule has 3 heteroatoms. The maximum atomic E-state index is 11.3. The Kier molecular flexibility index (Phi) is 15.6. The molecule has 0 spiro atoms. The van der Waals surface area contributed by atoms with Crippen molar-refractivity contribution < 1.29 is 21.2 Å². The number of allylic oxidation sites excluding steroid dienone is 2. The molecule has 2 aromatic carbocycles. The molecule has 182 valence electrons. The van der Waals surface area contributed by atoms with E-state index >= 15 is 0 Å². The molecule has 1 aliphatic rings. The van der Waals surface area contributed by atoms with Crippen molar-refractivity contribution in [1.29, 1.82) is 0 Å². The maximum absolute atomic E-state index is 11.3. The summed E-state index contributed by atoms with van der Waals surface area (Å²) in [4.78, 5) is 0. The third-order valence-electron chi connectivity index (χ3n) is 5.76. The minimum Gasteiger partial charge on any atom is -0.493 e. The van der Waals surface area contributed by atoms with E-state index in [0.29, 0.717) is 0 Å². The fourth-order valence-corrected chi connectivity index (χ4v) is 4.09. The molecule has 0 saturated heterocycles. The van der Waals surface area contributed by atoms with Crippen LogP contribution in [-0.4, -0.2) is 4.70 Å². The van der Waals surface area contributed by atoms with E-state index in [1.165, 1.54) is 39.8 Å². The Morgan fingerprint density at radius 3 is 1.70 bits per heavy atom. The Bertz CT molecular complexity index is 938. The van der Waals surface area contributed by atoms with Gasteiger partial charge in [-0.25, -0.2) is 4.70 Å². The third-order valence-corrected chi connectivity index (χ3v) is 5.76. The van der Waals surface area contributed by atoms with Crippen molar-refractivity contribution in [2.24, 2.45) is 0 Å².